The first-order chi connectivity index (χ1) is 14.5. The number of benzene rings is 2. The first kappa shape index (κ1) is 22.4. The number of amides is 1. The molecular weight excluding hydrogens is 435 g/mol. The van der Waals surface area contributed by atoms with Gasteiger partial charge in [-0.05, 0) is 30.3 Å². The SMILES string of the molecule is CN(Cc1ccccc1OC(F)(F)F)C(=O)c1ccc(CS(=O)(=O)c2ccccc2)o1. The van der Waals surface area contributed by atoms with E-state index in [1.54, 1.807) is 18.2 Å². The predicted molar refractivity (Wildman–Crippen MR) is 105 cm³/mol. The molecule has 3 rings (SSSR count). The van der Waals surface area contributed by atoms with Gasteiger partial charge >= 0.3 is 6.36 Å². The Kier molecular flexibility index (Phi) is 6.40. The second kappa shape index (κ2) is 8.84. The second-order valence-corrected chi connectivity index (χ2v) is 8.64. The van der Waals surface area contributed by atoms with Crippen molar-refractivity contribution in [2.75, 3.05) is 7.05 Å². The van der Waals surface area contributed by atoms with Gasteiger partial charge in [0.1, 0.15) is 17.3 Å². The second-order valence-electron chi connectivity index (χ2n) is 6.65. The zero-order valence-electron chi connectivity index (χ0n) is 16.3. The van der Waals surface area contributed by atoms with Gasteiger partial charge in [0.2, 0.25) is 0 Å². The zero-order chi connectivity index (χ0) is 22.6. The van der Waals surface area contributed by atoms with Crippen LogP contribution in [0.5, 0.6) is 5.75 Å². The number of hydrogen-bond donors (Lipinski definition) is 0. The highest BCUT2D eigenvalue weighted by Crippen LogP contribution is 2.27. The number of carbonyl (C=O) groups is 1. The van der Waals surface area contributed by atoms with Gasteiger partial charge in [0.05, 0.1) is 4.90 Å². The lowest BCUT2D eigenvalue weighted by molar-refractivity contribution is -0.275. The summed E-state index contributed by atoms with van der Waals surface area (Å²) in [5.74, 6) is -1.53. The third kappa shape index (κ3) is 5.88. The summed E-state index contributed by atoms with van der Waals surface area (Å²) >= 11 is 0. The molecular formula is C21H18F3NO5S. The minimum absolute atomic E-state index is 0.0707. The molecule has 0 atom stereocenters. The fraction of sp³-hybridized carbons (Fsp3) is 0.190. The molecule has 2 aromatic carbocycles. The lowest BCUT2D eigenvalue weighted by atomic mass is 10.2. The molecule has 10 heteroatoms. The average Bonchev–Trinajstić information content (AvgIpc) is 3.16. The third-order valence-corrected chi connectivity index (χ3v) is 5.91. The molecule has 0 unspecified atom stereocenters. The summed E-state index contributed by atoms with van der Waals surface area (Å²) < 4.78 is 72.0. The van der Waals surface area contributed by atoms with Crippen LogP contribution in [0.15, 0.2) is 76.0 Å². The van der Waals surface area contributed by atoms with Crippen LogP contribution < -0.4 is 4.74 Å². The first-order valence-electron chi connectivity index (χ1n) is 9.01. The Morgan fingerprint density at radius 2 is 1.65 bits per heavy atom. The number of rotatable bonds is 7. The number of ether oxygens (including phenoxy) is 1. The van der Waals surface area contributed by atoms with Crippen LogP contribution in [-0.4, -0.2) is 32.6 Å². The average molecular weight is 453 g/mol. The molecule has 1 aromatic heterocycles. The molecule has 0 spiro atoms. The number of para-hydroxylation sites is 1. The Morgan fingerprint density at radius 1 is 1.00 bits per heavy atom. The van der Waals surface area contributed by atoms with Crippen LogP contribution in [0.3, 0.4) is 0 Å². The first-order valence-corrected chi connectivity index (χ1v) is 10.7. The summed E-state index contributed by atoms with van der Waals surface area (Å²) in [5.41, 5.74) is 0.147. The van der Waals surface area contributed by atoms with Crippen LogP contribution in [0.1, 0.15) is 21.9 Å². The summed E-state index contributed by atoms with van der Waals surface area (Å²) in [6, 6.07) is 16.0. The molecule has 31 heavy (non-hydrogen) atoms. The number of furan rings is 1. The van der Waals surface area contributed by atoms with Crippen LogP contribution in [0.25, 0.3) is 0 Å². The Morgan fingerprint density at radius 3 is 2.32 bits per heavy atom. The normalized spacial score (nSPS) is 11.9. The Hall–Kier alpha value is -3.27. The number of sulfone groups is 1. The van der Waals surface area contributed by atoms with Gasteiger partial charge in [-0.1, -0.05) is 36.4 Å². The van der Waals surface area contributed by atoms with Crippen molar-refractivity contribution in [1.82, 2.24) is 4.90 Å². The zero-order valence-corrected chi connectivity index (χ0v) is 17.1. The molecule has 0 aliphatic carbocycles. The van der Waals surface area contributed by atoms with Gasteiger partial charge in [-0.15, -0.1) is 13.2 Å². The minimum Gasteiger partial charge on any atom is -0.455 e. The predicted octanol–water partition coefficient (Wildman–Crippen LogP) is 4.42. The van der Waals surface area contributed by atoms with Gasteiger partial charge < -0.3 is 14.1 Å². The van der Waals surface area contributed by atoms with Gasteiger partial charge in [-0.2, -0.15) is 0 Å². The van der Waals surface area contributed by atoms with Crippen molar-refractivity contribution in [1.29, 1.82) is 0 Å². The highest BCUT2D eigenvalue weighted by Gasteiger charge is 2.32. The minimum atomic E-state index is -4.86. The van der Waals surface area contributed by atoms with Gasteiger partial charge in [0, 0.05) is 19.2 Å². The topological polar surface area (TPSA) is 76.8 Å². The van der Waals surface area contributed by atoms with E-state index >= 15 is 0 Å². The maximum atomic E-state index is 12.6. The Bertz CT molecular complexity index is 1160. The van der Waals surface area contributed by atoms with E-state index in [0.29, 0.717) is 0 Å². The molecule has 6 nitrogen and oxygen atoms in total. The maximum absolute atomic E-state index is 12.6. The van der Waals surface area contributed by atoms with Crippen molar-refractivity contribution in [3.05, 3.63) is 83.8 Å². The summed E-state index contributed by atoms with van der Waals surface area (Å²) in [5, 5.41) is 0. The number of alkyl halides is 3. The number of nitrogens with zero attached hydrogens (tertiary/aromatic N) is 1. The molecule has 0 radical (unpaired) electrons. The van der Waals surface area contributed by atoms with Crippen molar-refractivity contribution in [2.24, 2.45) is 0 Å². The summed E-state index contributed by atoms with van der Waals surface area (Å²) in [7, 11) is -2.27. The van der Waals surface area contributed by atoms with Crippen molar-refractivity contribution in [3.8, 4) is 5.75 Å². The molecule has 0 saturated heterocycles. The van der Waals surface area contributed by atoms with Gasteiger partial charge in [0.15, 0.2) is 15.6 Å². The molecule has 1 heterocycles. The van der Waals surface area contributed by atoms with E-state index in [2.05, 4.69) is 4.74 Å². The smallest absolute Gasteiger partial charge is 0.455 e. The monoisotopic (exact) mass is 453 g/mol. The van der Waals surface area contributed by atoms with E-state index in [-0.39, 0.29) is 28.5 Å². The molecule has 1 amide bonds. The van der Waals surface area contributed by atoms with Crippen molar-refractivity contribution < 1.29 is 35.5 Å². The van der Waals surface area contributed by atoms with Crippen LogP contribution in [0, 0.1) is 0 Å². The quantitative estimate of drug-likeness (QED) is 0.529. The molecule has 0 fully saturated rings. The van der Waals surface area contributed by atoms with E-state index in [0.717, 1.165) is 11.0 Å². The fourth-order valence-corrected chi connectivity index (χ4v) is 4.11. The molecule has 0 N–H and O–H groups in total. The molecule has 0 bridgehead atoms. The highest BCUT2D eigenvalue weighted by molar-refractivity contribution is 7.90. The van der Waals surface area contributed by atoms with E-state index in [4.69, 9.17) is 4.42 Å². The van der Waals surface area contributed by atoms with E-state index < -0.39 is 33.6 Å². The summed E-state index contributed by atoms with van der Waals surface area (Å²) in [4.78, 5) is 13.9. The van der Waals surface area contributed by atoms with Crippen molar-refractivity contribution >= 4 is 15.7 Å². The van der Waals surface area contributed by atoms with E-state index in [9.17, 15) is 26.4 Å². The number of halogens is 3. The van der Waals surface area contributed by atoms with Gasteiger partial charge in [0.25, 0.3) is 5.91 Å². The number of carbonyl (C=O) groups excluding carboxylic acids is 1. The molecule has 0 saturated carbocycles. The molecule has 0 aliphatic rings. The molecule has 164 valence electrons. The van der Waals surface area contributed by atoms with Crippen LogP contribution >= 0.6 is 0 Å². The van der Waals surface area contributed by atoms with Crippen LogP contribution in [0.2, 0.25) is 0 Å². The van der Waals surface area contributed by atoms with E-state index in [1.165, 1.54) is 49.5 Å². The highest BCUT2D eigenvalue weighted by atomic mass is 32.2. The Labute approximate surface area is 176 Å². The maximum Gasteiger partial charge on any atom is 0.573 e. The van der Waals surface area contributed by atoms with Gasteiger partial charge in [-0.3, -0.25) is 4.79 Å². The van der Waals surface area contributed by atoms with Gasteiger partial charge in [-0.25, -0.2) is 8.42 Å². The van der Waals surface area contributed by atoms with Crippen LogP contribution in [0.4, 0.5) is 13.2 Å². The lowest BCUT2D eigenvalue weighted by Gasteiger charge is -2.19. The molecule has 0 aliphatic heterocycles. The summed E-state index contributed by atoms with van der Waals surface area (Å²) in [6.45, 7) is -0.177. The van der Waals surface area contributed by atoms with E-state index in [1.807, 2.05) is 0 Å². The number of hydrogen-bond acceptors (Lipinski definition) is 5. The largest absolute Gasteiger partial charge is 0.573 e. The lowest BCUT2D eigenvalue weighted by Crippen LogP contribution is -2.26. The summed E-state index contributed by atoms with van der Waals surface area (Å²) in [6.07, 6.45) is -4.86. The standard InChI is InChI=1S/C21H18F3NO5S/c1-25(13-15-7-5-6-10-18(15)30-21(22,23)24)20(26)19-12-11-16(29-19)14-31(27,28)17-8-3-2-4-9-17/h2-12H,13-14H2,1H3. The van der Waals surface area contributed by atoms with Crippen molar-refractivity contribution in [3.63, 3.8) is 0 Å². The Balaban J connectivity index is 1.71. The molecule has 3 aromatic rings. The van der Waals surface area contributed by atoms with Crippen molar-refractivity contribution in [2.45, 2.75) is 23.6 Å². The third-order valence-electron chi connectivity index (χ3n) is 4.26. The fourth-order valence-electron chi connectivity index (χ4n) is 2.84. The van der Waals surface area contributed by atoms with Crippen LogP contribution in [-0.2, 0) is 22.1 Å².